The Hall–Kier alpha value is -1.82. The number of ketones is 1. The standard InChI is InChI=1S/C20H22N2O2S.ClH/c21-18-12-22(11-17(18)15-7-3-1-4-8-15)20(24)14-25-13-19(23)16-9-5-2-6-10-16;/h1-10,17-18H,11-14,21H2;1H/t17-,18+;/m0./s1. The number of rotatable bonds is 6. The first kappa shape index (κ1) is 20.5. The van der Waals surface area contributed by atoms with Gasteiger partial charge in [0.15, 0.2) is 5.78 Å². The van der Waals surface area contributed by atoms with Crippen LogP contribution in [0.15, 0.2) is 60.7 Å². The van der Waals surface area contributed by atoms with E-state index in [-0.39, 0.29) is 36.1 Å². The molecule has 0 spiro atoms. The molecule has 0 aromatic heterocycles. The average Bonchev–Trinajstić information content (AvgIpc) is 3.05. The van der Waals surface area contributed by atoms with Crippen molar-refractivity contribution in [3.8, 4) is 0 Å². The van der Waals surface area contributed by atoms with Gasteiger partial charge >= 0.3 is 0 Å². The summed E-state index contributed by atoms with van der Waals surface area (Å²) in [6.07, 6.45) is 0. The highest BCUT2D eigenvalue weighted by atomic mass is 35.5. The summed E-state index contributed by atoms with van der Waals surface area (Å²) < 4.78 is 0. The Bertz CT molecular complexity index is 727. The summed E-state index contributed by atoms with van der Waals surface area (Å²) in [6.45, 7) is 1.22. The number of hydrogen-bond donors (Lipinski definition) is 1. The highest BCUT2D eigenvalue weighted by molar-refractivity contribution is 8.00. The molecule has 0 saturated carbocycles. The number of benzene rings is 2. The van der Waals surface area contributed by atoms with Crippen LogP contribution in [-0.4, -0.2) is 47.2 Å². The zero-order valence-corrected chi connectivity index (χ0v) is 16.0. The lowest BCUT2D eigenvalue weighted by atomic mass is 9.95. The number of amides is 1. The molecule has 2 atom stereocenters. The third-order valence-electron chi connectivity index (χ3n) is 4.50. The lowest BCUT2D eigenvalue weighted by molar-refractivity contribution is -0.127. The third kappa shape index (κ3) is 5.10. The molecule has 138 valence electrons. The summed E-state index contributed by atoms with van der Waals surface area (Å²) >= 11 is 1.37. The smallest absolute Gasteiger partial charge is 0.232 e. The van der Waals surface area contributed by atoms with Crippen molar-refractivity contribution >= 4 is 35.9 Å². The second-order valence-electron chi connectivity index (χ2n) is 6.26. The van der Waals surface area contributed by atoms with E-state index in [4.69, 9.17) is 5.73 Å². The van der Waals surface area contributed by atoms with E-state index in [0.29, 0.717) is 30.2 Å². The Labute approximate surface area is 164 Å². The van der Waals surface area contributed by atoms with E-state index in [9.17, 15) is 9.59 Å². The van der Waals surface area contributed by atoms with Gasteiger partial charge in [0, 0.05) is 30.6 Å². The van der Waals surface area contributed by atoms with Gasteiger partial charge in [-0.1, -0.05) is 60.7 Å². The molecule has 6 heteroatoms. The fraction of sp³-hybridized carbons (Fsp3) is 0.300. The summed E-state index contributed by atoms with van der Waals surface area (Å²) in [5.74, 6) is 0.921. The zero-order valence-electron chi connectivity index (χ0n) is 14.4. The molecule has 0 bridgehead atoms. The Morgan fingerprint density at radius 3 is 2.23 bits per heavy atom. The first-order valence-electron chi connectivity index (χ1n) is 8.39. The molecule has 3 rings (SSSR count). The van der Waals surface area contributed by atoms with E-state index in [1.807, 2.05) is 41.3 Å². The van der Waals surface area contributed by atoms with E-state index < -0.39 is 0 Å². The van der Waals surface area contributed by atoms with Gasteiger partial charge in [0.2, 0.25) is 5.91 Å². The minimum absolute atomic E-state index is 0. The molecule has 1 amide bonds. The summed E-state index contributed by atoms with van der Waals surface area (Å²) in [7, 11) is 0. The number of carbonyl (C=O) groups excluding carboxylic acids is 2. The van der Waals surface area contributed by atoms with Gasteiger partial charge in [0.1, 0.15) is 0 Å². The van der Waals surface area contributed by atoms with Gasteiger partial charge in [-0.3, -0.25) is 9.59 Å². The van der Waals surface area contributed by atoms with Gasteiger partial charge in [-0.2, -0.15) is 0 Å². The maximum absolute atomic E-state index is 12.4. The Morgan fingerprint density at radius 2 is 1.58 bits per heavy atom. The van der Waals surface area contributed by atoms with Crippen LogP contribution in [-0.2, 0) is 4.79 Å². The Kier molecular flexibility index (Phi) is 7.69. The number of thioether (sulfide) groups is 1. The van der Waals surface area contributed by atoms with Crippen molar-refractivity contribution in [3.05, 3.63) is 71.8 Å². The van der Waals surface area contributed by atoms with E-state index in [1.54, 1.807) is 12.1 Å². The van der Waals surface area contributed by atoms with Crippen LogP contribution in [0.4, 0.5) is 0 Å². The molecule has 0 radical (unpaired) electrons. The maximum atomic E-state index is 12.4. The molecule has 1 saturated heterocycles. The van der Waals surface area contributed by atoms with E-state index >= 15 is 0 Å². The fourth-order valence-electron chi connectivity index (χ4n) is 3.12. The minimum atomic E-state index is -0.0395. The zero-order chi connectivity index (χ0) is 17.6. The molecule has 2 aromatic carbocycles. The number of hydrogen-bond acceptors (Lipinski definition) is 4. The first-order valence-corrected chi connectivity index (χ1v) is 9.55. The SMILES string of the molecule is Cl.N[C@@H]1CN(C(=O)CSCC(=O)c2ccccc2)C[C@H]1c1ccccc1. The second kappa shape index (κ2) is 9.76. The van der Waals surface area contributed by atoms with E-state index in [2.05, 4.69) is 12.1 Å². The highest BCUT2D eigenvalue weighted by Crippen LogP contribution is 2.26. The van der Waals surface area contributed by atoms with Crippen molar-refractivity contribution in [2.24, 2.45) is 5.73 Å². The van der Waals surface area contributed by atoms with Gasteiger partial charge in [-0.15, -0.1) is 24.2 Å². The topological polar surface area (TPSA) is 63.4 Å². The normalized spacial score (nSPS) is 19.0. The number of carbonyl (C=O) groups is 2. The summed E-state index contributed by atoms with van der Waals surface area (Å²) in [5.41, 5.74) is 8.10. The minimum Gasteiger partial charge on any atom is -0.340 e. The quantitative estimate of drug-likeness (QED) is 0.770. The molecule has 1 fully saturated rings. The van der Waals surface area contributed by atoms with Crippen LogP contribution in [0.5, 0.6) is 0 Å². The van der Waals surface area contributed by atoms with Gasteiger partial charge < -0.3 is 10.6 Å². The van der Waals surface area contributed by atoms with Crippen molar-refractivity contribution in [1.29, 1.82) is 0 Å². The fourth-order valence-corrected chi connectivity index (χ4v) is 3.93. The number of nitrogens with zero attached hydrogens (tertiary/aromatic N) is 1. The molecule has 0 aliphatic carbocycles. The molecular weight excluding hydrogens is 368 g/mol. The molecule has 1 aliphatic heterocycles. The molecule has 26 heavy (non-hydrogen) atoms. The first-order chi connectivity index (χ1) is 12.1. The van der Waals surface area contributed by atoms with E-state index in [0.717, 1.165) is 0 Å². The van der Waals surface area contributed by atoms with Crippen LogP contribution in [0.3, 0.4) is 0 Å². The summed E-state index contributed by atoms with van der Waals surface area (Å²) in [6, 6.07) is 19.2. The van der Waals surface area contributed by atoms with Gasteiger partial charge in [-0.05, 0) is 5.56 Å². The number of Topliss-reactive ketones (excluding diaryl/α,β-unsaturated/α-hetero) is 1. The second-order valence-corrected chi connectivity index (χ2v) is 7.25. The van der Waals surface area contributed by atoms with Crippen molar-refractivity contribution in [1.82, 2.24) is 4.90 Å². The van der Waals surface area contributed by atoms with Gasteiger partial charge in [0.05, 0.1) is 11.5 Å². The van der Waals surface area contributed by atoms with Crippen LogP contribution >= 0.6 is 24.2 Å². The average molecular weight is 391 g/mol. The van der Waals surface area contributed by atoms with Crippen LogP contribution < -0.4 is 5.73 Å². The third-order valence-corrected chi connectivity index (χ3v) is 5.42. The lowest BCUT2D eigenvalue weighted by Gasteiger charge is -2.16. The predicted molar refractivity (Wildman–Crippen MR) is 109 cm³/mol. The van der Waals surface area contributed by atoms with Gasteiger partial charge in [0.25, 0.3) is 0 Å². The van der Waals surface area contributed by atoms with Crippen LogP contribution in [0.2, 0.25) is 0 Å². The Morgan fingerprint density at radius 1 is 0.962 bits per heavy atom. The largest absolute Gasteiger partial charge is 0.340 e. The van der Waals surface area contributed by atoms with Crippen molar-refractivity contribution < 1.29 is 9.59 Å². The van der Waals surface area contributed by atoms with Crippen LogP contribution in [0, 0.1) is 0 Å². The number of halogens is 1. The summed E-state index contributed by atoms with van der Waals surface area (Å²) in [4.78, 5) is 26.3. The molecule has 0 unspecified atom stereocenters. The monoisotopic (exact) mass is 390 g/mol. The lowest BCUT2D eigenvalue weighted by Crippen LogP contribution is -2.33. The molecule has 2 N–H and O–H groups in total. The molecule has 1 aliphatic rings. The number of likely N-dealkylation sites (tertiary alicyclic amines) is 1. The van der Waals surface area contributed by atoms with Crippen LogP contribution in [0.1, 0.15) is 21.8 Å². The highest BCUT2D eigenvalue weighted by Gasteiger charge is 2.33. The molecule has 4 nitrogen and oxygen atoms in total. The number of nitrogens with two attached hydrogens (primary N) is 1. The molecule has 2 aromatic rings. The van der Waals surface area contributed by atoms with Gasteiger partial charge in [-0.25, -0.2) is 0 Å². The van der Waals surface area contributed by atoms with Crippen molar-refractivity contribution in [3.63, 3.8) is 0 Å². The van der Waals surface area contributed by atoms with Crippen LogP contribution in [0.25, 0.3) is 0 Å². The predicted octanol–water partition coefficient (Wildman–Crippen LogP) is 2.98. The molecule has 1 heterocycles. The maximum Gasteiger partial charge on any atom is 0.232 e. The molecular formula is C20H23ClN2O2S. The van der Waals surface area contributed by atoms with Crippen molar-refractivity contribution in [2.45, 2.75) is 12.0 Å². The summed E-state index contributed by atoms with van der Waals surface area (Å²) in [5, 5.41) is 0. The Balaban J connectivity index is 0.00000243. The van der Waals surface area contributed by atoms with Crippen molar-refractivity contribution in [2.75, 3.05) is 24.6 Å². The van der Waals surface area contributed by atoms with E-state index in [1.165, 1.54) is 17.3 Å².